The quantitative estimate of drug-likeness (QED) is 0.390. The number of nitrogens with two attached hydrogens (primary N) is 1. The molecule has 3 N–H and O–H groups in total. The first kappa shape index (κ1) is 14.9. The van der Waals surface area contributed by atoms with Gasteiger partial charge >= 0.3 is 0 Å². The molecule has 0 heterocycles. The second-order valence-electron chi connectivity index (χ2n) is 5.24. The van der Waals surface area contributed by atoms with Crippen molar-refractivity contribution in [3.8, 4) is 11.5 Å². The van der Waals surface area contributed by atoms with E-state index in [4.69, 9.17) is 15.7 Å². The van der Waals surface area contributed by atoms with Crippen molar-refractivity contribution in [1.29, 1.82) is 0 Å². The Balaban J connectivity index is 2.55. The van der Waals surface area contributed by atoms with Crippen molar-refractivity contribution in [3.05, 3.63) is 58.1 Å². The van der Waals surface area contributed by atoms with Crippen LogP contribution in [-0.2, 0) is 0 Å². The number of oxime groups is 1. The molecule has 21 heavy (non-hydrogen) atoms. The lowest BCUT2D eigenvalue weighted by molar-refractivity contribution is 0.318. The number of hydrogen-bond acceptors (Lipinski definition) is 3. The van der Waals surface area contributed by atoms with Crippen molar-refractivity contribution < 1.29 is 9.94 Å². The molecule has 4 heteroatoms. The molecule has 110 valence electrons. The Labute approximate surface area is 124 Å². The Bertz CT molecular complexity index is 706. The average molecular weight is 284 g/mol. The van der Waals surface area contributed by atoms with Gasteiger partial charge in [0.05, 0.1) is 5.56 Å². The third-order valence-corrected chi connectivity index (χ3v) is 3.57. The first-order valence-corrected chi connectivity index (χ1v) is 6.77. The van der Waals surface area contributed by atoms with E-state index in [2.05, 4.69) is 18.1 Å². The van der Waals surface area contributed by atoms with E-state index in [9.17, 15) is 0 Å². The fraction of sp³-hybridized carbons (Fsp3) is 0.235. The number of nitrogens with zero attached hydrogens (tertiary/aromatic N) is 1. The van der Waals surface area contributed by atoms with Crippen LogP contribution in [-0.4, -0.2) is 11.0 Å². The molecular weight excluding hydrogens is 264 g/mol. The number of benzene rings is 2. The first-order valence-electron chi connectivity index (χ1n) is 6.77. The summed E-state index contributed by atoms with van der Waals surface area (Å²) in [5.41, 5.74) is 10.6. The van der Waals surface area contributed by atoms with Crippen molar-refractivity contribution in [2.75, 3.05) is 0 Å². The zero-order chi connectivity index (χ0) is 15.6. The minimum Gasteiger partial charge on any atom is -0.456 e. The predicted octanol–water partition coefficient (Wildman–Crippen LogP) is 3.81. The Kier molecular flexibility index (Phi) is 4.17. The number of rotatable bonds is 3. The second kappa shape index (κ2) is 5.87. The number of hydrogen-bond donors (Lipinski definition) is 2. The number of aryl methyl sites for hydroxylation is 3. The molecule has 0 aliphatic heterocycles. The first-order chi connectivity index (χ1) is 9.93. The van der Waals surface area contributed by atoms with Gasteiger partial charge in [-0.2, -0.15) is 0 Å². The Morgan fingerprint density at radius 1 is 1.10 bits per heavy atom. The number of para-hydroxylation sites is 1. The molecule has 4 nitrogen and oxygen atoms in total. The van der Waals surface area contributed by atoms with Crippen molar-refractivity contribution in [3.63, 3.8) is 0 Å². The molecule has 0 amide bonds. The van der Waals surface area contributed by atoms with E-state index in [1.807, 2.05) is 39.0 Å². The molecule has 0 aliphatic carbocycles. The molecule has 2 rings (SSSR count). The van der Waals surface area contributed by atoms with Gasteiger partial charge in [-0.15, -0.1) is 0 Å². The molecule has 0 unspecified atom stereocenters. The van der Waals surface area contributed by atoms with E-state index >= 15 is 0 Å². The molecule has 0 fully saturated rings. The minimum atomic E-state index is 0.0377. The van der Waals surface area contributed by atoms with Crippen LogP contribution in [0.2, 0.25) is 0 Å². The SMILES string of the molecule is Cc1cc(C)c(C)c(Oc2c(C)cccc2/C(N)=N/O)c1. The number of ether oxygens (including phenoxy) is 1. The highest BCUT2D eigenvalue weighted by molar-refractivity contribution is 6.00. The summed E-state index contributed by atoms with van der Waals surface area (Å²) >= 11 is 0. The maximum absolute atomic E-state index is 8.92. The topological polar surface area (TPSA) is 67.8 Å². The molecule has 0 saturated heterocycles. The maximum Gasteiger partial charge on any atom is 0.173 e. The van der Waals surface area contributed by atoms with Gasteiger partial charge in [0.25, 0.3) is 0 Å². The lowest BCUT2D eigenvalue weighted by atomic mass is 10.1. The smallest absolute Gasteiger partial charge is 0.173 e. The standard InChI is InChI=1S/C17H20N2O2/c1-10-8-12(3)13(4)15(9-10)21-16-11(2)6-5-7-14(16)17(18)19-20/h5-9,20H,1-4H3,(H2,18,19). The number of amidine groups is 1. The fourth-order valence-electron chi connectivity index (χ4n) is 2.26. The van der Waals surface area contributed by atoms with Crippen LogP contribution in [0.3, 0.4) is 0 Å². The molecule has 0 saturated carbocycles. The molecule has 0 spiro atoms. The molecular formula is C17H20N2O2. The summed E-state index contributed by atoms with van der Waals surface area (Å²) in [6.07, 6.45) is 0. The van der Waals surface area contributed by atoms with E-state index < -0.39 is 0 Å². The third-order valence-electron chi connectivity index (χ3n) is 3.57. The zero-order valence-electron chi connectivity index (χ0n) is 12.8. The highest BCUT2D eigenvalue weighted by Crippen LogP contribution is 2.32. The van der Waals surface area contributed by atoms with Crippen LogP contribution in [0.4, 0.5) is 0 Å². The molecule has 2 aromatic carbocycles. The Hall–Kier alpha value is -2.49. The fourth-order valence-corrected chi connectivity index (χ4v) is 2.26. The van der Waals surface area contributed by atoms with Crippen molar-refractivity contribution in [1.82, 2.24) is 0 Å². The molecule has 2 aromatic rings. The third kappa shape index (κ3) is 2.99. The van der Waals surface area contributed by atoms with Crippen LogP contribution in [0, 0.1) is 27.7 Å². The lowest BCUT2D eigenvalue weighted by Gasteiger charge is -2.16. The maximum atomic E-state index is 8.92. The molecule has 0 aliphatic rings. The predicted molar refractivity (Wildman–Crippen MR) is 84.4 cm³/mol. The lowest BCUT2D eigenvalue weighted by Crippen LogP contribution is -2.14. The van der Waals surface area contributed by atoms with Crippen LogP contribution in [0.5, 0.6) is 11.5 Å². The van der Waals surface area contributed by atoms with Crippen LogP contribution >= 0.6 is 0 Å². The Morgan fingerprint density at radius 2 is 1.81 bits per heavy atom. The van der Waals surface area contributed by atoms with Crippen LogP contribution in [0.1, 0.15) is 27.8 Å². The van der Waals surface area contributed by atoms with Crippen molar-refractivity contribution in [2.24, 2.45) is 10.9 Å². The van der Waals surface area contributed by atoms with Gasteiger partial charge in [-0.25, -0.2) is 0 Å². The molecule has 0 aromatic heterocycles. The molecule has 0 radical (unpaired) electrons. The van der Waals surface area contributed by atoms with Gasteiger partial charge < -0.3 is 15.7 Å². The summed E-state index contributed by atoms with van der Waals surface area (Å²) in [5, 5.41) is 12.0. The molecule has 0 bridgehead atoms. The summed E-state index contributed by atoms with van der Waals surface area (Å²) in [7, 11) is 0. The van der Waals surface area contributed by atoms with Crippen molar-refractivity contribution >= 4 is 5.84 Å². The van der Waals surface area contributed by atoms with E-state index in [1.54, 1.807) is 6.07 Å². The normalized spacial score (nSPS) is 11.5. The second-order valence-corrected chi connectivity index (χ2v) is 5.24. The summed E-state index contributed by atoms with van der Waals surface area (Å²) < 4.78 is 6.08. The van der Waals surface area contributed by atoms with E-state index in [-0.39, 0.29) is 5.84 Å². The van der Waals surface area contributed by atoms with Gasteiger partial charge in [-0.1, -0.05) is 23.4 Å². The monoisotopic (exact) mass is 284 g/mol. The van der Waals surface area contributed by atoms with Gasteiger partial charge in [0.15, 0.2) is 5.84 Å². The van der Waals surface area contributed by atoms with E-state index in [0.717, 1.165) is 22.4 Å². The highest BCUT2D eigenvalue weighted by atomic mass is 16.5. The van der Waals surface area contributed by atoms with Gasteiger partial charge in [0, 0.05) is 0 Å². The van der Waals surface area contributed by atoms with Crippen LogP contribution < -0.4 is 10.5 Å². The zero-order valence-corrected chi connectivity index (χ0v) is 12.8. The van der Waals surface area contributed by atoms with Gasteiger partial charge in [0.1, 0.15) is 11.5 Å². The summed E-state index contributed by atoms with van der Waals surface area (Å²) in [6.45, 7) is 8.03. The van der Waals surface area contributed by atoms with Crippen molar-refractivity contribution in [2.45, 2.75) is 27.7 Å². The largest absolute Gasteiger partial charge is 0.456 e. The summed E-state index contributed by atoms with van der Waals surface area (Å²) in [6, 6.07) is 9.66. The van der Waals surface area contributed by atoms with Gasteiger partial charge in [-0.05, 0) is 62.1 Å². The summed E-state index contributed by atoms with van der Waals surface area (Å²) in [4.78, 5) is 0. The molecule has 0 atom stereocenters. The van der Waals surface area contributed by atoms with Crippen LogP contribution in [0.15, 0.2) is 35.5 Å². The van der Waals surface area contributed by atoms with Gasteiger partial charge in [0.2, 0.25) is 0 Å². The van der Waals surface area contributed by atoms with Gasteiger partial charge in [-0.3, -0.25) is 0 Å². The van der Waals surface area contributed by atoms with Crippen LogP contribution in [0.25, 0.3) is 0 Å². The highest BCUT2D eigenvalue weighted by Gasteiger charge is 2.14. The minimum absolute atomic E-state index is 0.0377. The summed E-state index contributed by atoms with van der Waals surface area (Å²) in [5.74, 6) is 1.44. The Morgan fingerprint density at radius 3 is 2.48 bits per heavy atom. The van der Waals surface area contributed by atoms with E-state index in [1.165, 1.54) is 5.56 Å². The van der Waals surface area contributed by atoms with E-state index in [0.29, 0.717) is 11.3 Å². The average Bonchev–Trinajstić information content (AvgIpc) is 2.45.